The van der Waals surface area contributed by atoms with Crippen molar-refractivity contribution in [3.63, 3.8) is 0 Å². The number of pyridine rings is 1. The molecule has 2 aromatic rings. The molecule has 2 aliphatic rings. The number of nitrogens with zero attached hydrogens (tertiary/aromatic N) is 3. The first-order valence-corrected chi connectivity index (χ1v) is 9.92. The lowest BCUT2D eigenvalue weighted by molar-refractivity contribution is 0.0831. The van der Waals surface area contributed by atoms with Crippen LogP contribution in [0.15, 0.2) is 42.7 Å². The lowest BCUT2D eigenvalue weighted by Gasteiger charge is -2.30. The molecule has 0 saturated carbocycles. The van der Waals surface area contributed by atoms with Crippen molar-refractivity contribution >= 4 is 17.3 Å². The van der Waals surface area contributed by atoms with Crippen molar-refractivity contribution in [3.05, 3.63) is 54.1 Å². The molecule has 0 bridgehead atoms. The van der Waals surface area contributed by atoms with Crippen molar-refractivity contribution in [1.29, 1.82) is 0 Å². The van der Waals surface area contributed by atoms with Gasteiger partial charge in [0.1, 0.15) is 0 Å². The highest BCUT2D eigenvalue weighted by Crippen LogP contribution is 2.39. The molecule has 0 radical (unpaired) electrons. The fourth-order valence-electron chi connectivity index (χ4n) is 4.02. The van der Waals surface area contributed by atoms with Crippen molar-refractivity contribution in [2.45, 2.75) is 37.6 Å². The summed E-state index contributed by atoms with van der Waals surface area (Å²) in [7, 11) is 1.73. The van der Waals surface area contributed by atoms with E-state index in [9.17, 15) is 0 Å². The van der Waals surface area contributed by atoms with Crippen LogP contribution >= 0.6 is 12.2 Å². The summed E-state index contributed by atoms with van der Waals surface area (Å²) in [6, 6.07) is 10.4. The van der Waals surface area contributed by atoms with Crippen LogP contribution in [0.4, 0.5) is 0 Å². The van der Waals surface area contributed by atoms with Gasteiger partial charge in [-0.3, -0.25) is 4.98 Å². The van der Waals surface area contributed by atoms with Crippen molar-refractivity contribution in [2.24, 2.45) is 0 Å². The molecule has 0 unspecified atom stereocenters. The molecule has 144 valence electrons. The summed E-state index contributed by atoms with van der Waals surface area (Å²) in [4.78, 5) is 6.88. The Hall–Kier alpha value is -1.96. The van der Waals surface area contributed by atoms with Gasteiger partial charge in [-0.1, -0.05) is 6.07 Å². The third kappa shape index (κ3) is 3.85. The van der Waals surface area contributed by atoms with E-state index in [1.165, 1.54) is 5.69 Å². The molecular weight excluding hydrogens is 360 g/mol. The number of thiocarbonyl (C=S) groups is 1. The van der Waals surface area contributed by atoms with E-state index in [1.54, 1.807) is 7.11 Å². The first-order chi connectivity index (χ1) is 13.3. The normalized spacial score (nSPS) is 25.1. The smallest absolute Gasteiger partial charge is 0.170 e. The summed E-state index contributed by atoms with van der Waals surface area (Å²) in [5.41, 5.74) is 2.22. The zero-order valence-electron chi connectivity index (χ0n) is 15.6. The molecule has 7 heteroatoms. The summed E-state index contributed by atoms with van der Waals surface area (Å²) in [6.45, 7) is 3.13. The van der Waals surface area contributed by atoms with Gasteiger partial charge >= 0.3 is 0 Å². The molecule has 4 heterocycles. The monoisotopic (exact) mass is 386 g/mol. The molecule has 0 aliphatic carbocycles. The molecule has 2 aromatic heterocycles. The Bertz CT molecular complexity index is 760. The van der Waals surface area contributed by atoms with Gasteiger partial charge in [0, 0.05) is 44.9 Å². The lowest BCUT2D eigenvalue weighted by Crippen LogP contribution is -2.37. The van der Waals surface area contributed by atoms with Crippen LogP contribution in [-0.2, 0) is 16.0 Å². The lowest BCUT2D eigenvalue weighted by atomic mass is 10.0. The Morgan fingerprint density at radius 2 is 2.26 bits per heavy atom. The molecule has 6 nitrogen and oxygen atoms in total. The van der Waals surface area contributed by atoms with Crippen LogP contribution in [0, 0.1) is 0 Å². The van der Waals surface area contributed by atoms with E-state index in [0.717, 1.165) is 43.3 Å². The van der Waals surface area contributed by atoms with Crippen LogP contribution in [0.5, 0.6) is 0 Å². The van der Waals surface area contributed by atoms with Crippen LogP contribution in [-0.4, -0.2) is 52.5 Å². The molecule has 27 heavy (non-hydrogen) atoms. The highest BCUT2D eigenvalue weighted by molar-refractivity contribution is 7.80. The van der Waals surface area contributed by atoms with Gasteiger partial charge in [-0.2, -0.15) is 0 Å². The summed E-state index contributed by atoms with van der Waals surface area (Å²) in [6.07, 6.45) is 6.39. The Labute approximate surface area is 165 Å². The predicted molar refractivity (Wildman–Crippen MR) is 107 cm³/mol. The van der Waals surface area contributed by atoms with Crippen LogP contribution in [0.3, 0.4) is 0 Å². The predicted octanol–water partition coefficient (Wildman–Crippen LogP) is 2.68. The average molecular weight is 387 g/mol. The van der Waals surface area contributed by atoms with Gasteiger partial charge in [-0.25, -0.2) is 0 Å². The molecule has 2 fully saturated rings. The van der Waals surface area contributed by atoms with E-state index in [2.05, 4.69) is 44.2 Å². The fourth-order valence-corrected chi connectivity index (χ4v) is 4.34. The average Bonchev–Trinajstić information content (AvgIpc) is 3.42. The van der Waals surface area contributed by atoms with Gasteiger partial charge in [0.05, 0.1) is 30.5 Å². The maximum atomic E-state index is 5.89. The van der Waals surface area contributed by atoms with E-state index in [0.29, 0.717) is 6.61 Å². The highest BCUT2D eigenvalue weighted by atomic mass is 32.1. The van der Waals surface area contributed by atoms with Crippen LogP contribution < -0.4 is 5.32 Å². The number of methoxy groups -OCH3 is 1. The Morgan fingerprint density at radius 1 is 1.33 bits per heavy atom. The van der Waals surface area contributed by atoms with Gasteiger partial charge in [0.25, 0.3) is 0 Å². The van der Waals surface area contributed by atoms with E-state index in [1.807, 2.05) is 18.3 Å². The van der Waals surface area contributed by atoms with Gasteiger partial charge in [-0.15, -0.1) is 0 Å². The first-order valence-electron chi connectivity index (χ1n) is 9.51. The summed E-state index contributed by atoms with van der Waals surface area (Å²) >= 11 is 5.73. The van der Waals surface area contributed by atoms with E-state index < -0.39 is 0 Å². The number of hydrogen-bond acceptors (Lipinski definition) is 4. The number of ether oxygens (including phenoxy) is 2. The van der Waals surface area contributed by atoms with Gasteiger partial charge in [0.15, 0.2) is 5.11 Å². The first kappa shape index (κ1) is 18.4. The third-order valence-electron chi connectivity index (χ3n) is 5.33. The minimum Gasteiger partial charge on any atom is -0.383 e. The number of rotatable bonds is 7. The van der Waals surface area contributed by atoms with Crippen molar-refractivity contribution < 1.29 is 9.47 Å². The summed E-state index contributed by atoms with van der Waals surface area (Å²) < 4.78 is 13.4. The minimum atomic E-state index is 0.0105. The van der Waals surface area contributed by atoms with Crippen molar-refractivity contribution in [1.82, 2.24) is 19.8 Å². The largest absolute Gasteiger partial charge is 0.383 e. The molecule has 2 saturated heterocycles. The second-order valence-electron chi connectivity index (χ2n) is 7.03. The molecule has 3 atom stereocenters. The molecule has 0 aromatic carbocycles. The molecule has 0 amide bonds. The Kier molecular flexibility index (Phi) is 5.71. The second-order valence-corrected chi connectivity index (χ2v) is 7.42. The zero-order chi connectivity index (χ0) is 18.6. The molecule has 4 rings (SSSR count). The third-order valence-corrected chi connectivity index (χ3v) is 5.68. The Balaban J connectivity index is 1.67. The van der Waals surface area contributed by atoms with Gasteiger partial charge < -0.3 is 24.3 Å². The standard InChI is InChI=1S/C20H26N4O2S/c1-25-13-11-23-10-4-8-17(23)19-18(16-7-2-3-9-21-16)22-20(27)24(19)14-15-6-5-12-26-15/h2-4,7-10,15,18-19H,5-6,11-14H2,1H3,(H,22,27)/t15-,18+,19-/m0/s1. The van der Waals surface area contributed by atoms with Gasteiger partial charge in [0.2, 0.25) is 0 Å². The fraction of sp³-hybridized carbons (Fsp3) is 0.500. The van der Waals surface area contributed by atoms with Crippen LogP contribution in [0.2, 0.25) is 0 Å². The van der Waals surface area contributed by atoms with E-state index in [4.69, 9.17) is 21.7 Å². The second kappa shape index (κ2) is 8.37. The zero-order valence-corrected chi connectivity index (χ0v) is 16.4. The number of nitrogens with one attached hydrogen (secondary N) is 1. The topological polar surface area (TPSA) is 51.5 Å². The van der Waals surface area contributed by atoms with Crippen molar-refractivity contribution in [2.75, 3.05) is 26.9 Å². The van der Waals surface area contributed by atoms with Crippen LogP contribution in [0.25, 0.3) is 0 Å². The molecule has 1 N–H and O–H groups in total. The quantitative estimate of drug-likeness (QED) is 0.739. The highest BCUT2D eigenvalue weighted by Gasteiger charge is 2.42. The molecule has 2 aliphatic heterocycles. The van der Waals surface area contributed by atoms with Crippen LogP contribution in [0.1, 0.15) is 36.3 Å². The maximum Gasteiger partial charge on any atom is 0.170 e. The number of hydrogen-bond donors (Lipinski definition) is 1. The summed E-state index contributed by atoms with van der Waals surface area (Å²) in [5, 5.41) is 4.28. The Morgan fingerprint density at radius 3 is 3.00 bits per heavy atom. The number of aromatic nitrogens is 2. The van der Waals surface area contributed by atoms with Crippen molar-refractivity contribution in [3.8, 4) is 0 Å². The molecular formula is C20H26N4O2S. The maximum absolute atomic E-state index is 5.89. The molecule has 0 spiro atoms. The van der Waals surface area contributed by atoms with E-state index >= 15 is 0 Å². The van der Waals surface area contributed by atoms with Gasteiger partial charge in [-0.05, 0) is 49.3 Å². The SMILES string of the molecule is COCCn1cccc1[C@H]1[C@@H](c2ccccn2)NC(=S)N1C[C@@H]1CCCO1. The minimum absolute atomic E-state index is 0.0105. The van der Waals surface area contributed by atoms with E-state index in [-0.39, 0.29) is 18.2 Å². The summed E-state index contributed by atoms with van der Waals surface area (Å²) in [5.74, 6) is 0.